The van der Waals surface area contributed by atoms with Crippen molar-refractivity contribution in [3.05, 3.63) is 47.0 Å². The third kappa shape index (κ3) is 8.37. The van der Waals surface area contributed by atoms with Crippen LogP contribution in [0.2, 0.25) is 0 Å². The first-order valence-corrected chi connectivity index (χ1v) is 16.0. The van der Waals surface area contributed by atoms with Gasteiger partial charge in [-0.25, -0.2) is 5.96 Å². The molecule has 0 saturated heterocycles. The normalized spacial score (nSPS) is 17.2. The minimum atomic E-state index is -0.826. The average molecular weight is 479 g/mol. The second kappa shape index (κ2) is 13.4. The van der Waals surface area contributed by atoms with Gasteiger partial charge >= 0.3 is 37.9 Å². The summed E-state index contributed by atoms with van der Waals surface area (Å²) in [6.45, 7) is 20.0. The molecule has 6 heteroatoms. The fraction of sp³-hybridized carbons (Fsp3) is 0.579. The van der Waals surface area contributed by atoms with Crippen LogP contribution in [0, 0.1) is 29.6 Å². The van der Waals surface area contributed by atoms with Crippen molar-refractivity contribution >= 4 is 33.9 Å². The third-order valence-electron chi connectivity index (χ3n) is 4.87. The van der Waals surface area contributed by atoms with E-state index in [0.29, 0.717) is 17.8 Å². The summed E-state index contributed by atoms with van der Waals surface area (Å²) in [4.78, 5) is 2.52. The van der Waals surface area contributed by atoms with Gasteiger partial charge in [-0.05, 0) is 69.4 Å². The number of rotatable bonds is 3. The second-order valence-electron chi connectivity index (χ2n) is 6.88. The predicted molar refractivity (Wildman–Crippen MR) is 115 cm³/mol. The molecule has 0 unspecified atom stereocenters. The molecule has 0 atom stereocenters. The van der Waals surface area contributed by atoms with Crippen LogP contribution >= 0.6 is 28.2 Å². The zero-order chi connectivity index (χ0) is 19.7. The summed E-state index contributed by atoms with van der Waals surface area (Å²) in [6.07, 6.45) is 0. The Kier molecular flexibility index (Phi) is 14.0. The number of hydrogen-bond donors (Lipinski definition) is 0. The second-order valence-corrected chi connectivity index (χ2v) is 11.6. The molecule has 0 N–H and O–H groups in total. The molecular weight excluding hydrogens is 447 g/mol. The molecule has 1 aromatic rings. The van der Waals surface area contributed by atoms with Gasteiger partial charge in [-0.3, -0.25) is 0 Å². The van der Waals surface area contributed by atoms with Crippen molar-refractivity contribution in [2.75, 3.05) is 4.81 Å². The molecule has 0 bridgehead atoms. The van der Waals surface area contributed by atoms with Crippen molar-refractivity contribution in [2.45, 2.75) is 74.4 Å². The zero-order valence-electron chi connectivity index (χ0n) is 17.1. The van der Waals surface area contributed by atoms with Crippen LogP contribution in [0.25, 0.3) is 0 Å². The van der Waals surface area contributed by atoms with Crippen molar-refractivity contribution in [2.24, 2.45) is 0 Å². The first-order valence-electron chi connectivity index (χ1n) is 8.68. The van der Waals surface area contributed by atoms with Crippen LogP contribution in [-0.2, 0) is 20.8 Å². The number of nitrogens with zero attached hydrogens (tertiary/aromatic N) is 1. The van der Waals surface area contributed by atoms with E-state index in [1.165, 1.54) is 29.6 Å². The van der Waals surface area contributed by atoms with Crippen molar-refractivity contribution in [1.82, 2.24) is 0 Å². The minimum absolute atomic E-state index is 0.560. The van der Waals surface area contributed by atoms with E-state index in [0.717, 1.165) is 0 Å². The van der Waals surface area contributed by atoms with Crippen molar-refractivity contribution < 1.29 is 20.8 Å². The van der Waals surface area contributed by atoms with Crippen molar-refractivity contribution in [1.29, 1.82) is 0 Å². The monoisotopic (exact) mass is 477 g/mol. The summed E-state index contributed by atoms with van der Waals surface area (Å²) in [5, 5.41) is 2.17. The van der Waals surface area contributed by atoms with Crippen LogP contribution in [0.4, 0.5) is 0 Å². The quantitative estimate of drug-likeness (QED) is 0.457. The van der Waals surface area contributed by atoms with Crippen LogP contribution in [0.5, 0.6) is 0 Å². The van der Waals surface area contributed by atoms with Gasteiger partial charge in [0, 0.05) is 5.74 Å². The molecule has 0 amide bonds. The molecule has 0 aromatic carbocycles. The summed E-state index contributed by atoms with van der Waals surface area (Å²) in [7, 11) is 9.87. The van der Waals surface area contributed by atoms with Gasteiger partial charge < -0.3 is 16.0 Å². The topological polar surface area (TPSA) is 3.24 Å². The molecule has 1 aliphatic carbocycles. The predicted octanol–water partition coefficient (Wildman–Crippen LogP) is 6.88. The Morgan fingerprint density at radius 1 is 0.840 bits per heavy atom. The Morgan fingerprint density at radius 2 is 1.16 bits per heavy atom. The molecule has 1 aliphatic rings. The van der Waals surface area contributed by atoms with Crippen LogP contribution in [-0.4, -0.2) is 17.8 Å². The van der Waals surface area contributed by atoms with Gasteiger partial charge in [0.25, 0.3) is 0 Å². The molecule has 1 saturated carbocycles. The fourth-order valence-corrected chi connectivity index (χ4v) is 4.22. The van der Waals surface area contributed by atoms with Gasteiger partial charge in [-0.1, -0.05) is 46.1 Å². The molecule has 1 fully saturated rings. The van der Waals surface area contributed by atoms with E-state index >= 15 is 0 Å². The summed E-state index contributed by atoms with van der Waals surface area (Å²) in [5.74, 6) is 9.61. The number of halogens is 2. The SMILES string of the molecule is CC(C)N([b-]1cccs1)C(C)C.C[C]1[C](C)[C](C)[C](C)[C]1C.[Cl][Zr+2][Cl]. The molecule has 1 nitrogen and oxygen atoms in total. The van der Waals surface area contributed by atoms with Gasteiger partial charge in [-0.2, -0.15) is 0 Å². The van der Waals surface area contributed by atoms with Crippen LogP contribution < -0.4 is 4.81 Å². The Labute approximate surface area is 179 Å². The third-order valence-corrected chi connectivity index (χ3v) is 5.86. The van der Waals surface area contributed by atoms with Crippen LogP contribution in [0.1, 0.15) is 62.3 Å². The molecule has 5 radical (unpaired) electrons. The van der Waals surface area contributed by atoms with E-state index in [9.17, 15) is 0 Å². The zero-order valence-corrected chi connectivity index (χ0v) is 21.9. The van der Waals surface area contributed by atoms with E-state index < -0.39 is 20.8 Å². The Bertz CT molecular complexity index is 392. The van der Waals surface area contributed by atoms with E-state index in [4.69, 9.17) is 17.0 Å². The maximum atomic E-state index is 4.93. The molecule has 1 heterocycles. The molecule has 0 aliphatic heterocycles. The first kappa shape index (κ1) is 26.2. The summed E-state index contributed by atoms with van der Waals surface area (Å²) < 4.78 is 0. The van der Waals surface area contributed by atoms with Gasteiger partial charge in [0.05, 0.1) is 0 Å². The molecule has 139 valence electrons. The summed E-state index contributed by atoms with van der Waals surface area (Å²) >= 11 is 1.07. The average Bonchev–Trinajstić information content (AvgIpc) is 3.10. The fourth-order valence-electron chi connectivity index (χ4n) is 3.07. The molecule has 25 heavy (non-hydrogen) atoms. The molecule has 1 aromatic heterocycles. The molecular formula is C19H32BCl2NSZr+. The van der Waals surface area contributed by atoms with Crippen LogP contribution in [0.15, 0.2) is 17.4 Å². The van der Waals surface area contributed by atoms with E-state index in [1.54, 1.807) is 0 Å². The van der Waals surface area contributed by atoms with E-state index in [2.05, 4.69) is 84.5 Å². The molecule has 2 rings (SSSR count). The molecule has 0 spiro atoms. The van der Waals surface area contributed by atoms with Gasteiger partial charge in [0.1, 0.15) is 0 Å². The summed E-state index contributed by atoms with van der Waals surface area (Å²) in [5.41, 5.74) is 0.560. The van der Waals surface area contributed by atoms with Gasteiger partial charge in [0.15, 0.2) is 0 Å². The summed E-state index contributed by atoms with van der Waals surface area (Å²) in [6, 6.07) is 3.39. The standard InChI is InChI=1S/C10H15.C9H17BNS.2ClH.Zr/c1-6-7(2)9(4)10(5)8(6)3;1-8(2)11(9(3)4)10-6-5-7-12-10;;;/h1-5H3;5-9H,1-4H3;2*1H;/q;-1;;;+4/p-2. The van der Waals surface area contributed by atoms with Crippen molar-refractivity contribution in [3.63, 3.8) is 0 Å². The maximum absolute atomic E-state index is 4.93. The first-order chi connectivity index (χ1) is 11.6. The van der Waals surface area contributed by atoms with Crippen LogP contribution in [0.3, 0.4) is 0 Å². The Balaban J connectivity index is 0.000000403. The Morgan fingerprint density at radius 3 is 1.36 bits per heavy atom. The van der Waals surface area contributed by atoms with Gasteiger partial charge in [-0.15, -0.1) is 0 Å². The number of hydrogen-bond acceptors (Lipinski definition) is 2. The van der Waals surface area contributed by atoms with E-state index in [1.807, 2.05) is 11.2 Å². The van der Waals surface area contributed by atoms with E-state index in [-0.39, 0.29) is 0 Å². The van der Waals surface area contributed by atoms with Crippen molar-refractivity contribution in [3.8, 4) is 0 Å². The van der Waals surface area contributed by atoms with Gasteiger partial charge in [0.2, 0.25) is 0 Å². The Hall–Kier alpha value is 1.16.